The van der Waals surface area contributed by atoms with Crippen molar-refractivity contribution in [2.24, 2.45) is 0 Å². The van der Waals surface area contributed by atoms with Gasteiger partial charge < -0.3 is 9.13 Å². The fourth-order valence-electron chi connectivity index (χ4n) is 14.8. The molecule has 404 valence electrons. The second kappa shape index (κ2) is 19.4. The van der Waals surface area contributed by atoms with Crippen molar-refractivity contribution >= 4 is 89.5 Å². The van der Waals surface area contributed by atoms with E-state index < -0.39 is 5.41 Å². The van der Waals surface area contributed by atoms with E-state index in [1.807, 2.05) is 0 Å². The quantitative estimate of drug-likeness (QED) is 0.134. The first-order valence-electron chi connectivity index (χ1n) is 30.2. The van der Waals surface area contributed by atoms with Gasteiger partial charge in [-0.1, -0.05) is 255 Å². The van der Waals surface area contributed by atoms with Crippen molar-refractivity contribution in [1.29, 1.82) is 0 Å². The zero-order chi connectivity index (χ0) is 57.2. The Kier molecular flexibility index (Phi) is 10.9. The van der Waals surface area contributed by atoms with Gasteiger partial charge in [0, 0.05) is 32.9 Å². The summed E-state index contributed by atoms with van der Waals surface area (Å²) in [6.45, 7) is 0. The van der Waals surface area contributed by atoms with E-state index in [0.29, 0.717) is 0 Å². The van der Waals surface area contributed by atoms with Crippen LogP contribution in [0.25, 0.3) is 145 Å². The Morgan fingerprint density at radius 3 is 1.05 bits per heavy atom. The maximum Gasteiger partial charge on any atom is 0.0725 e. The molecule has 2 aliphatic rings. The minimum absolute atomic E-state index is 0.472. The number of rotatable bonds is 8. The average molecular weight is 1100 g/mol. The Morgan fingerprint density at radius 1 is 0.218 bits per heavy atom. The maximum absolute atomic E-state index is 2.46. The number of fused-ring (bicyclic) bond motifs is 18. The van der Waals surface area contributed by atoms with Gasteiger partial charge in [0.1, 0.15) is 0 Å². The molecule has 14 aromatic carbocycles. The molecular weight excluding hydrogens is 1050 g/mol. The number of aromatic nitrogens is 2. The summed E-state index contributed by atoms with van der Waals surface area (Å²) in [6.07, 6.45) is 9.10. The Morgan fingerprint density at radius 2 is 0.575 bits per heavy atom. The lowest BCUT2D eigenvalue weighted by molar-refractivity contribution is 0.793. The van der Waals surface area contributed by atoms with Crippen LogP contribution in [0, 0.1) is 0 Å². The van der Waals surface area contributed by atoms with Gasteiger partial charge in [-0.2, -0.15) is 0 Å². The summed E-state index contributed by atoms with van der Waals surface area (Å²) in [7, 11) is 0. The fraction of sp³-hybridized carbons (Fsp3) is 0.0118. The van der Waals surface area contributed by atoms with Gasteiger partial charge in [0.25, 0.3) is 0 Å². The molecule has 0 radical (unpaired) electrons. The molecule has 2 heterocycles. The van der Waals surface area contributed by atoms with E-state index in [4.69, 9.17) is 0 Å². The molecule has 16 aromatic rings. The molecule has 1 spiro atoms. The van der Waals surface area contributed by atoms with Crippen LogP contribution in [0.1, 0.15) is 44.5 Å². The lowest BCUT2D eigenvalue weighted by Crippen LogP contribution is -2.26. The van der Waals surface area contributed by atoms with E-state index in [-0.39, 0.29) is 0 Å². The van der Waals surface area contributed by atoms with Gasteiger partial charge >= 0.3 is 0 Å². The van der Waals surface area contributed by atoms with Gasteiger partial charge in [-0.15, -0.1) is 0 Å². The number of nitrogens with zero attached hydrogens (tertiary/aromatic N) is 2. The van der Waals surface area contributed by atoms with Gasteiger partial charge in [0.15, 0.2) is 0 Å². The normalized spacial score (nSPS) is 13.1. The third-order valence-corrected chi connectivity index (χ3v) is 18.9. The molecule has 0 unspecified atom stereocenters. The van der Waals surface area contributed by atoms with E-state index in [1.54, 1.807) is 0 Å². The van der Waals surface area contributed by atoms with Crippen molar-refractivity contribution in [3.63, 3.8) is 0 Å². The number of para-hydroxylation sites is 2. The van der Waals surface area contributed by atoms with Crippen molar-refractivity contribution in [3.8, 4) is 55.9 Å². The molecule has 0 N–H and O–H groups in total. The molecule has 2 nitrogen and oxygen atoms in total. The van der Waals surface area contributed by atoms with Crippen molar-refractivity contribution in [2.45, 2.75) is 5.41 Å². The van der Waals surface area contributed by atoms with Crippen LogP contribution in [0.4, 0.5) is 0 Å². The van der Waals surface area contributed by atoms with Gasteiger partial charge in [-0.25, -0.2) is 0 Å². The van der Waals surface area contributed by atoms with Crippen LogP contribution in [0.15, 0.2) is 303 Å². The summed E-state index contributed by atoms with van der Waals surface area (Å²) in [6, 6.07) is 113. The summed E-state index contributed by atoms with van der Waals surface area (Å²) < 4.78 is 4.81. The van der Waals surface area contributed by atoms with Crippen LogP contribution >= 0.6 is 0 Å². The predicted octanol–water partition coefficient (Wildman–Crippen LogP) is 22.2. The van der Waals surface area contributed by atoms with Gasteiger partial charge in [0.05, 0.1) is 27.5 Å². The third-order valence-electron chi connectivity index (χ3n) is 18.9. The highest BCUT2D eigenvalue weighted by Crippen LogP contribution is 2.63. The molecule has 87 heavy (non-hydrogen) atoms. The smallest absolute Gasteiger partial charge is 0.0725 e. The summed E-state index contributed by atoms with van der Waals surface area (Å²) in [4.78, 5) is 0. The van der Waals surface area contributed by atoms with Crippen LogP contribution in [0.2, 0.25) is 0 Å². The summed E-state index contributed by atoms with van der Waals surface area (Å²) >= 11 is 0. The lowest BCUT2D eigenvalue weighted by atomic mass is 9.70. The van der Waals surface area contributed by atoms with E-state index in [1.165, 1.54) is 154 Å². The monoisotopic (exact) mass is 1100 g/mol. The summed E-state index contributed by atoms with van der Waals surface area (Å²) in [5.41, 5.74) is 26.7. The molecule has 0 saturated carbocycles. The number of benzene rings is 14. The zero-order valence-electron chi connectivity index (χ0n) is 47.6. The molecule has 2 aliphatic carbocycles. The highest BCUT2D eigenvalue weighted by atomic mass is 15.0. The minimum atomic E-state index is -0.472. The molecule has 0 aliphatic heterocycles. The first-order valence-corrected chi connectivity index (χ1v) is 30.2. The number of hydrogen-bond donors (Lipinski definition) is 0. The van der Waals surface area contributed by atoms with Crippen LogP contribution < -0.4 is 0 Å². The largest absolute Gasteiger partial charge is 0.309 e. The van der Waals surface area contributed by atoms with Crippen molar-refractivity contribution < 1.29 is 0 Å². The molecule has 18 rings (SSSR count). The van der Waals surface area contributed by atoms with Crippen LogP contribution in [0.5, 0.6) is 0 Å². The van der Waals surface area contributed by atoms with E-state index in [2.05, 4.69) is 337 Å². The second-order valence-electron chi connectivity index (χ2n) is 23.6. The fourth-order valence-corrected chi connectivity index (χ4v) is 14.8. The number of hydrogen-bond acceptors (Lipinski definition) is 0. The molecule has 0 fully saturated rings. The molecule has 0 saturated heterocycles. The Bertz CT molecular complexity index is 5220. The Balaban J connectivity index is 0.648. The third kappa shape index (κ3) is 7.68. The Labute approximate surface area is 504 Å². The highest BCUT2D eigenvalue weighted by molar-refractivity contribution is 6.12. The first-order chi connectivity index (χ1) is 43.1. The highest BCUT2D eigenvalue weighted by Gasteiger charge is 2.51. The molecular formula is C85H54N2. The second-order valence-corrected chi connectivity index (χ2v) is 23.6. The molecule has 2 heteroatoms. The topological polar surface area (TPSA) is 9.86 Å². The van der Waals surface area contributed by atoms with Gasteiger partial charge in [-0.3, -0.25) is 0 Å². The minimum Gasteiger partial charge on any atom is -0.309 e. The first kappa shape index (κ1) is 49.1. The summed E-state index contributed by atoms with van der Waals surface area (Å²) in [5.74, 6) is 0. The lowest BCUT2D eigenvalue weighted by Gasteiger charge is -2.30. The standard InChI is InChI=1S/C85H54N2/c1-3-15-63-51-67(43-39-59(63)13-1)86-81-23-11-7-19-73(81)75-53-65(41-47-83(75)86)61-35-29-55(30-36-61)25-27-57-33-45-71-72-46-34-58(50-80(72)85(79(71)49-57)77-21-9-5-17-69(77)70-18-6-10-22-78(70)85)28-26-56-31-37-62(38-32-56)66-42-48-84-76(54-66)74-20-8-12-24-82(74)87(84)68-44-40-60-14-2-4-16-64(60)52-68/h1-54H. The van der Waals surface area contributed by atoms with E-state index in [0.717, 1.165) is 11.1 Å². The SMILES string of the molecule is C(=Cc1ccc2c(c1)C1(c3ccccc3-c3ccccc31)c1cc(C=Cc3ccc(-c4ccc5c(c4)c4ccccc4n5-c4ccc5ccccc5c4)cc3)ccc1-2)c1ccc(-c2ccc3c(c2)c2ccccc2n3-c2ccc3ccccc3c2)cc1. The molecule has 2 aromatic heterocycles. The van der Waals surface area contributed by atoms with E-state index in [9.17, 15) is 0 Å². The van der Waals surface area contributed by atoms with Crippen LogP contribution in [-0.4, -0.2) is 9.13 Å². The van der Waals surface area contributed by atoms with E-state index >= 15 is 0 Å². The molecule has 0 bridgehead atoms. The zero-order valence-corrected chi connectivity index (χ0v) is 47.6. The Hall–Kier alpha value is -11.3. The predicted molar refractivity (Wildman–Crippen MR) is 368 cm³/mol. The van der Waals surface area contributed by atoms with Crippen molar-refractivity contribution in [3.05, 3.63) is 348 Å². The molecule has 0 amide bonds. The van der Waals surface area contributed by atoms with Gasteiger partial charge in [-0.05, 0) is 183 Å². The van der Waals surface area contributed by atoms with Crippen molar-refractivity contribution in [2.75, 3.05) is 0 Å². The van der Waals surface area contributed by atoms with Crippen LogP contribution in [0.3, 0.4) is 0 Å². The van der Waals surface area contributed by atoms with Gasteiger partial charge in [0.2, 0.25) is 0 Å². The average Bonchev–Trinajstić information content (AvgIpc) is 1.55. The maximum atomic E-state index is 2.46. The summed E-state index contributed by atoms with van der Waals surface area (Å²) in [5, 5.41) is 9.99. The molecule has 0 atom stereocenters. The van der Waals surface area contributed by atoms with Crippen LogP contribution in [-0.2, 0) is 5.41 Å². The van der Waals surface area contributed by atoms with Crippen molar-refractivity contribution in [1.82, 2.24) is 9.13 Å².